The summed E-state index contributed by atoms with van der Waals surface area (Å²) in [5.41, 5.74) is 1.07. The molecule has 6 nitrogen and oxygen atoms in total. The maximum Gasteiger partial charge on any atom is 0.375 e. The second-order valence-electron chi connectivity index (χ2n) is 4.94. The molecule has 24 heavy (non-hydrogen) atoms. The molecule has 0 radical (unpaired) electrons. The van der Waals surface area contributed by atoms with Crippen LogP contribution < -0.4 is 0 Å². The molecule has 0 atom stereocenters. The number of carbonyl (C=O) groups is 1. The molecule has 0 N–H and O–H groups in total. The van der Waals surface area contributed by atoms with Crippen LogP contribution >= 0.6 is 0 Å². The van der Waals surface area contributed by atoms with Crippen LogP contribution in [0.5, 0.6) is 0 Å². The van der Waals surface area contributed by atoms with Crippen molar-refractivity contribution in [2.75, 3.05) is 7.11 Å². The molecule has 0 aliphatic carbocycles. The minimum Gasteiger partial charge on any atom is -0.452 e. The molecule has 0 fully saturated rings. The number of para-hydroxylation sites is 1. The van der Waals surface area contributed by atoms with E-state index in [4.69, 9.17) is 13.9 Å². The highest BCUT2D eigenvalue weighted by atomic mass is 19.3. The Bertz CT molecular complexity index is 857. The lowest BCUT2D eigenvalue weighted by atomic mass is 10.1. The second-order valence-corrected chi connectivity index (χ2v) is 4.94. The quantitative estimate of drug-likeness (QED) is 0.644. The number of furan rings is 1. The summed E-state index contributed by atoms with van der Waals surface area (Å²) in [5, 5.41) is 0.736. The van der Waals surface area contributed by atoms with Crippen LogP contribution in [0.15, 0.2) is 41.1 Å². The zero-order valence-electron chi connectivity index (χ0n) is 12.7. The van der Waals surface area contributed by atoms with E-state index in [0.717, 1.165) is 11.6 Å². The number of carbonyl (C=O) groups excluding carboxylic acids is 1. The summed E-state index contributed by atoms with van der Waals surface area (Å²) >= 11 is 0. The zero-order valence-corrected chi connectivity index (χ0v) is 12.7. The van der Waals surface area contributed by atoms with E-state index in [1.807, 2.05) is 6.07 Å². The number of alkyl halides is 2. The summed E-state index contributed by atoms with van der Waals surface area (Å²) in [5.74, 6) is -0.821. The third kappa shape index (κ3) is 3.00. The van der Waals surface area contributed by atoms with Crippen molar-refractivity contribution in [3.63, 3.8) is 0 Å². The van der Waals surface area contributed by atoms with Gasteiger partial charge in [0.15, 0.2) is 5.82 Å². The van der Waals surface area contributed by atoms with Crippen LogP contribution in [0.4, 0.5) is 8.78 Å². The summed E-state index contributed by atoms with van der Waals surface area (Å²) in [4.78, 5) is 16.0. The molecule has 0 aliphatic rings. The summed E-state index contributed by atoms with van der Waals surface area (Å²) in [6.07, 6.45) is 2.33. The number of hydrogen-bond acceptors (Lipinski definition) is 5. The Kier molecular flexibility index (Phi) is 4.57. The van der Waals surface area contributed by atoms with Gasteiger partial charge in [0.1, 0.15) is 12.2 Å². The molecule has 0 aliphatic heterocycles. The SMILES string of the molecule is COCc1c(C(=O)OCc2nccn2C(F)F)oc2ccccc12. The third-order valence-electron chi connectivity index (χ3n) is 3.46. The molecule has 3 rings (SSSR count). The predicted molar refractivity (Wildman–Crippen MR) is 79.5 cm³/mol. The summed E-state index contributed by atoms with van der Waals surface area (Å²) in [6, 6.07) is 7.10. The topological polar surface area (TPSA) is 66.5 Å². The normalized spacial score (nSPS) is 11.3. The number of halogens is 2. The van der Waals surface area contributed by atoms with E-state index in [-0.39, 0.29) is 24.8 Å². The first-order valence-electron chi connectivity index (χ1n) is 7.08. The highest BCUT2D eigenvalue weighted by Gasteiger charge is 2.22. The van der Waals surface area contributed by atoms with E-state index < -0.39 is 12.5 Å². The molecule has 0 bridgehead atoms. The molecule has 0 unspecified atom stereocenters. The van der Waals surface area contributed by atoms with Gasteiger partial charge < -0.3 is 13.9 Å². The summed E-state index contributed by atoms with van der Waals surface area (Å²) in [7, 11) is 1.50. The highest BCUT2D eigenvalue weighted by Crippen LogP contribution is 2.27. The molecule has 0 amide bonds. The number of ether oxygens (including phenoxy) is 2. The van der Waals surface area contributed by atoms with Crippen LogP contribution in [-0.2, 0) is 22.7 Å². The van der Waals surface area contributed by atoms with Gasteiger partial charge in [-0.05, 0) is 6.07 Å². The molecule has 0 spiro atoms. The average molecular weight is 336 g/mol. The molecule has 2 aromatic heterocycles. The van der Waals surface area contributed by atoms with Crippen LogP contribution in [0.2, 0.25) is 0 Å². The molecule has 126 valence electrons. The van der Waals surface area contributed by atoms with Gasteiger partial charge in [-0.1, -0.05) is 18.2 Å². The van der Waals surface area contributed by atoms with E-state index in [9.17, 15) is 13.6 Å². The Morgan fingerprint density at radius 3 is 2.88 bits per heavy atom. The Labute approximate surface area is 135 Å². The lowest BCUT2D eigenvalue weighted by Gasteiger charge is -2.07. The van der Waals surface area contributed by atoms with Crippen LogP contribution in [0, 0.1) is 0 Å². The van der Waals surface area contributed by atoms with Gasteiger partial charge in [0.25, 0.3) is 0 Å². The maximum atomic E-state index is 12.8. The van der Waals surface area contributed by atoms with Gasteiger partial charge in [-0.2, -0.15) is 8.78 Å². The van der Waals surface area contributed by atoms with Gasteiger partial charge in [0.05, 0.1) is 6.61 Å². The van der Waals surface area contributed by atoms with Crippen molar-refractivity contribution in [1.82, 2.24) is 9.55 Å². The van der Waals surface area contributed by atoms with Gasteiger partial charge >= 0.3 is 12.5 Å². The Hall–Kier alpha value is -2.74. The Morgan fingerprint density at radius 1 is 1.33 bits per heavy atom. The molecule has 0 saturated carbocycles. The van der Waals surface area contributed by atoms with Gasteiger partial charge in [-0.3, -0.25) is 4.57 Å². The fourth-order valence-corrected chi connectivity index (χ4v) is 2.38. The number of esters is 1. The smallest absolute Gasteiger partial charge is 0.375 e. The highest BCUT2D eigenvalue weighted by molar-refractivity contribution is 5.96. The molecule has 8 heteroatoms. The van der Waals surface area contributed by atoms with E-state index in [2.05, 4.69) is 4.98 Å². The maximum absolute atomic E-state index is 12.8. The number of methoxy groups -OCH3 is 1. The van der Waals surface area contributed by atoms with Gasteiger partial charge in [0.2, 0.25) is 5.76 Å². The van der Waals surface area contributed by atoms with Gasteiger partial charge in [-0.25, -0.2) is 9.78 Å². The number of imidazole rings is 1. The van der Waals surface area contributed by atoms with Crippen LogP contribution in [0.25, 0.3) is 11.0 Å². The second kappa shape index (κ2) is 6.79. The first-order chi connectivity index (χ1) is 11.6. The lowest BCUT2D eigenvalue weighted by Crippen LogP contribution is -2.11. The van der Waals surface area contributed by atoms with E-state index in [1.54, 1.807) is 18.2 Å². The average Bonchev–Trinajstić information content (AvgIpc) is 3.18. The van der Waals surface area contributed by atoms with Crippen LogP contribution in [0.3, 0.4) is 0 Å². The van der Waals surface area contributed by atoms with Gasteiger partial charge in [-0.15, -0.1) is 0 Å². The summed E-state index contributed by atoms with van der Waals surface area (Å²) in [6.45, 7) is -2.98. The predicted octanol–water partition coefficient (Wildman–Crippen LogP) is 3.53. The fourth-order valence-electron chi connectivity index (χ4n) is 2.38. The van der Waals surface area contributed by atoms with E-state index >= 15 is 0 Å². The van der Waals surface area contributed by atoms with Crippen molar-refractivity contribution in [1.29, 1.82) is 0 Å². The number of rotatable bonds is 6. The van der Waals surface area contributed by atoms with E-state index in [0.29, 0.717) is 15.7 Å². The minimum atomic E-state index is -2.75. The number of benzene rings is 1. The zero-order chi connectivity index (χ0) is 17.1. The molecule has 3 aromatic rings. The molecular formula is C16H14F2N2O4. The summed E-state index contributed by atoms with van der Waals surface area (Å²) < 4.78 is 41.9. The van der Waals surface area contributed by atoms with E-state index in [1.165, 1.54) is 13.3 Å². The number of nitrogens with zero attached hydrogens (tertiary/aromatic N) is 2. The number of aromatic nitrogens is 2. The van der Waals surface area contributed by atoms with Crippen LogP contribution in [0.1, 0.15) is 28.5 Å². The van der Waals surface area contributed by atoms with Crippen LogP contribution in [-0.4, -0.2) is 22.6 Å². The van der Waals surface area contributed by atoms with Crippen molar-refractivity contribution in [2.45, 2.75) is 19.8 Å². The fraction of sp³-hybridized carbons (Fsp3) is 0.250. The Balaban J connectivity index is 1.83. The first kappa shape index (κ1) is 16.1. The number of fused-ring (bicyclic) bond motifs is 1. The van der Waals surface area contributed by atoms with Crippen molar-refractivity contribution in [3.8, 4) is 0 Å². The molecule has 1 aromatic carbocycles. The van der Waals surface area contributed by atoms with Crippen molar-refractivity contribution in [2.24, 2.45) is 0 Å². The molecule has 0 saturated heterocycles. The van der Waals surface area contributed by atoms with Crippen molar-refractivity contribution >= 4 is 16.9 Å². The molecule has 2 heterocycles. The standard InChI is InChI=1S/C16H14F2N2O4/c1-22-8-11-10-4-2-3-5-12(10)24-14(11)15(21)23-9-13-19-6-7-20(13)16(17)18/h2-7,16H,8-9H2,1H3. The molecular weight excluding hydrogens is 322 g/mol. The van der Waals surface area contributed by atoms with Crippen molar-refractivity contribution < 1.29 is 27.5 Å². The monoisotopic (exact) mass is 336 g/mol. The van der Waals surface area contributed by atoms with Crippen molar-refractivity contribution in [3.05, 3.63) is 53.8 Å². The lowest BCUT2D eigenvalue weighted by molar-refractivity contribution is 0.0345. The Morgan fingerprint density at radius 2 is 2.12 bits per heavy atom. The minimum absolute atomic E-state index is 0.00629. The third-order valence-corrected chi connectivity index (χ3v) is 3.46. The van der Waals surface area contributed by atoms with Gasteiger partial charge in [0, 0.05) is 30.5 Å². The number of hydrogen-bond donors (Lipinski definition) is 0. The first-order valence-corrected chi connectivity index (χ1v) is 7.08. The largest absolute Gasteiger partial charge is 0.452 e.